The second-order valence-corrected chi connectivity index (χ2v) is 23.9. The maximum absolute atomic E-state index is 12.5. The lowest BCUT2D eigenvalue weighted by Gasteiger charge is -2.40. The minimum absolute atomic E-state index is 0.160. The van der Waals surface area contributed by atoms with Gasteiger partial charge in [0, 0.05) is 19.4 Å². The number of aliphatic hydroxyl groups is 1. The first-order valence-corrected chi connectivity index (χ1v) is 22.6. The van der Waals surface area contributed by atoms with Crippen molar-refractivity contribution < 1.29 is 31.7 Å². The predicted molar refractivity (Wildman–Crippen MR) is 168 cm³/mol. The van der Waals surface area contributed by atoms with E-state index in [4.69, 9.17) is 26.6 Å². The molecule has 1 saturated heterocycles. The number of aliphatic hydroxyl groups excluding tert-OH is 1. The van der Waals surface area contributed by atoms with Gasteiger partial charge >= 0.3 is 14.7 Å². The number of hydrogen-bond acceptors (Lipinski definition) is 9. The monoisotopic (exact) mass is 646 g/mol. The number of benzene rings is 2. The second-order valence-electron chi connectivity index (χ2n) is 12.3. The van der Waals surface area contributed by atoms with Crippen LogP contribution >= 0.6 is 0 Å². The van der Waals surface area contributed by atoms with Crippen LogP contribution in [0, 0.1) is 0 Å². The molecule has 4 rings (SSSR count). The lowest BCUT2D eigenvalue weighted by molar-refractivity contribution is -0.0747. The third kappa shape index (κ3) is 8.78. The standard InChI is InChI=1S/C29H42N2O9Si3/c1-35-27-25(33)23(37-28(27)31-19-18-24(32)30-29(31)34)20-36-43(39-41(2,3)4,40-42(5,6)7)38-26(21-14-10-8-11-15-21)22-16-12-9-13-17-22/h8-19,23,25-28,33H,20H2,1-7H3,(H,30,32,34)/t23-,25?,27?,28-/m0/s1. The van der Waals surface area contributed by atoms with Gasteiger partial charge in [0.2, 0.25) is 0 Å². The summed E-state index contributed by atoms with van der Waals surface area (Å²) in [6, 6.07) is 20.8. The smallest absolute Gasteiger partial charge is 0.395 e. The van der Waals surface area contributed by atoms with Crippen molar-refractivity contribution in [2.24, 2.45) is 0 Å². The van der Waals surface area contributed by atoms with E-state index in [-0.39, 0.29) is 6.61 Å². The Kier molecular flexibility index (Phi) is 10.6. The SMILES string of the molecule is COC1C(O)[C@H](CO[Si](OC(c2ccccc2)c2ccccc2)(O[Si](C)(C)C)O[Si](C)(C)C)O[C@@H]1n1ccc(=O)[nH]c1=O. The summed E-state index contributed by atoms with van der Waals surface area (Å²) in [4.78, 5) is 26.4. The van der Waals surface area contributed by atoms with Crippen molar-refractivity contribution >= 4 is 25.7 Å². The van der Waals surface area contributed by atoms with E-state index in [1.807, 2.05) is 99.9 Å². The fourth-order valence-corrected chi connectivity index (χ4v) is 13.2. The molecule has 2 heterocycles. The van der Waals surface area contributed by atoms with E-state index >= 15 is 0 Å². The molecule has 11 nitrogen and oxygen atoms in total. The molecule has 1 fully saturated rings. The summed E-state index contributed by atoms with van der Waals surface area (Å²) in [6.45, 7) is 12.1. The highest BCUT2D eigenvalue weighted by Gasteiger charge is 2.55. The van der Waals surface area contributed by atoms with Gasteiger partial charge in [-0.05, 0) is 50.4 Å². The average Bonchev–Trinajstić information content (AvgIpc) is 3.24. The number of ether oxygens (including phenoxy) is 2. The Morgan fingerprint density at radius 3 is 1.88 bits per heavy atom. The van der Waals surface area contributed by atoms with Gasteiger partial charge in [0.25, 0.3) is 5.56 Å². The van der Waals surface area contributed by atoms with Crippen molar-refractivity contribution in [2.75, 3.05) is 13.7 Å². The summed E-state index contributed by atoms with van der Waals surface area (Å²) in [5, 5.41) is 11.2. The summed E-state index contributed by atoms with van der Waals surface area (Å²) < 4.78 is 39.9. The van der Waals surface area contributed by atoms with E-state index in [1.54, 1.807) is 0 Å². The highest BCUT2D eigenvalue weighted by molar-refractivity contribution is 6.83. The molecule has 43 heavy (non-hydrogen) atoms. The third-order valence-electron chi connectivity index (χ3n) is 6.46. The van der Waals surface area contributed by atoms with Crippen LogP contribution in [0.25, 0.3) is 0 Å². The molecule has 0 aliphatic carbocycles. The molecule has 234 valence electrons. The zero-order valence-electron chi connectivity index (χ0n) is 25.7. The number of rotatable bonds is 13. The maximum Gasteiger partial charge on any atom is 0.659 e. The van der Waals surface area contributed by atoms with E-state index in [9.17, 15) is 14.7 Å². The molecule has 3 aromatic rings. The van der Waals surface area contributed by atoms with Crippen LogP contribution in [0.1, 0.15) is 23.5 Å². The Bertz CT molecular complexity index is 1390. The van der Waals surface area contributed by atoms with Crippen molar-refractivity contribution in [3.63, 3.8) is 0 Å². The molecular formula is C29H42N2O9Si3. The van der Waals surface area contributed by atoms with Crippen molar-refractivity contribution in [1.29, 1.82) is 0 Å². The Balaban J connectivity index is 1.71. The summed E-state index contributed by atoms with van der Waals surface area (Å²) in [7, 11) is -7.26. The fraction of sp³-hybridized carbons (Fsp3) is 0.448. The lowest BCUT2D eigenvalue weighted by atomic mass is 10.0. The quantitative estimate of drug-likeness (QED) is 0.267. The topological polar surface area (TPSA) is 130 Å². The van der Waals surface area contributed by atoms with E-state index in [2.05, 4.69) is 4.98 Å². The van der Waals surface area contributed by atoms with Crippen molar-refractivity contribution in [1.82, 2.24) is 9.55 Å². The molecule has 0 saturated carbocycles. The van der Waals surface area contributed by atoms with Gasteiger partial charge < -0.3 is 31.7 Å². The zero-order chi connectivity index (χ0) is 31.4. The van der Waals surface area contributed by atoms with Gasteiger partial charge in [-0.1, -0.05) is 60.7 Å². The molecule has 0 bridgehead atoms. The van der Waals surface area contributed by atoms with E-state index in [1.165, 1.54) is 23.9 Å². The van der Waals surface area contributed by atoms with Crippen molar-refractivity contribution in [2.45, 2.75) is 69.9 Å². The molecule has 1 aromatic heterocycles. The van der Waals surface area contributed by atoms with Gasteiger partial charge in [0.1, 0.15) is 24.4 Å². The van der Waals surface area contributed by atoms with Crippen LogP contribution in [0.5, 0.6) is 0 Å². The van der Waals surface area contributed by atoms with Gasteiger partial charge in [-0.3, -0.25) is 14.3 Å². The Labute approximate surface area is 255 Å². The highest BCUT2D eigenvalue weighted by Crippen LogP contribution is 2.36. The largest absolute Gasteiger partial charge is 0.659 e. The highest BCUT2D eigenvalue weighted by atomic mass is 28.5. The number of nitrogens with one attached hydrogen (secondary N) is 1. The van der Waals surface area contributed by atoms with Gasteiger partial charge in [0.05, 0.1) is 6.61 Å². The van der Waals surface area contributed by atoms with Gasteiger partial charge in [-0.25, -0.2) is 4.79 Å². The van der Waals surface area contributed by atoms with Crippen LogP contribution in [0.2, 0.25) is 39.3 Å². The predicted octanol–water partition coefficient (Wildman–Crippen LogP) is 3.77. The van der Waals surface area contributed by atoms with Crippen LogP contribution in [0.3, 0.4) is 0 Å². The fourth-order valence-electron chi connectivity index (χ4n) is 4.79. The summed E-state index contributed by atoms with van der Waals surface area (Å²) in [5.41, 5.74) is 0.585. The van der Waals surface area contributed by atoms with Crippen molar-refractivity contribution in [3.05, 3.63) is 105 Å². The molecule has 4 atom stereocenters. The minimum atomic E-state index is -3.97. The molecule has 2 N–H and O–H groups in total. The zero-order valence-corrected chi connectivity index (χ0v) is 28.7. The third-order valence-corrected chi connectivity index (χ3v) is 14.4. The Morgan fingerprint density at radius 2 is 1.42 bits per heavy atom. The molecule has 0 spiro atoms. The summed E-state index contributed by atoms with van der Waals surface area (Å²) in [5.74, 6) is 0. The van der Waals surface area contributed by atoms with E-state index < -0.39 is 67.6 Å². The molecule has 1 aliphatic heterocycles. The summed E-state index contributed by atoms with van der Waals surface area (Å²) >= 11 is 0. The second kappa shape index (κ2) is 13.6. The van der Waals surface area contributed by atoms with E-state index in [0.29, 0.717) is 0 Å². The molecule has 0 radical (unpaired) electrons. The number of aromatic nitrogens is 2. The van der Waals surface area contributed by atoms with Crippen LogP contribution in [-0.2, 0) is 26.6 Å². The number of methoxy groups -OCH3 is 1. The number of H-pyrrole nitrogens is 1. The number of nitrogens with zero attached hydrogens (tertiary/aromatic N) is 1. The van der Waals surface area contributed by atoms with Crippen molar-refractivity contribution in [3.8, 4) is 0 Å². The molecule has 2 unspecified atom stereocenters. The maximum atomic E-state index is 12.5. The first-order valence-electron chi connectivity index (χ1n) is 14.2. The van der Waals surface area contributed by atoms with Crippen LogP contribution in [0.15, 0.2) is 82.5 Å². The molecule has 14 heteroatoms. The molecule has 1 aliphatic rings. The molecule has 2 aromatic carbocycles. The first kappa shape index (κ1) is 33.4. The summed E-state index contributed by atoms with van der Waals surface area (Å²) in [6.07, 6.45) is -3.26. The van der Waals surface area contributed by atoms with Crippen LogP contribution < -0.4 is 11.2 Å². The Hall–Kier alpha value is -2.51. The molecule has 0 amide bonds. The molecular weight excluding hydrogens is 605 g/mol. The lowest BCUT2D eigenvalue weighted by Crippen LogP contribution is -2.60. The number of aromatic amines is 1. The van der Waals surface area contributed by atoms with Gasteiger partial charge in [0.15, 0.2) is 22.9 Å². The van der Waals surface area contributed by atoms with Gasteiger partial charge in [-0.15, -0.1) is 0 Å². The first-order chi connectivity index (χ1) is 20.2. The average molecular weight is 647 g/mol. The van der Waals surface area contributed by atoms with Gasteiger partial charge in [-0.2, -0.15) is 0 Å². The minimum Gasteiger partial charge on any atom is -0.395 e. The van der Waals surface area contributed by atoms with Crippen LogP contribution in [0.4, 0.5) is 0 Å². The van der Waals surface area contributed by atoms with E-state index in [0.717, 1.165) is 11.1 Å². The van der Waals surface area contributed by atoms with Crippen LogP contribution in [-0.4, -0.2) is 72.4 Å². The number of hydrogen-bond donors (Lipinski definition) is 2. The Morgan fingerprint density at radius 1 is 0.884 bits per heavy atom. The normalized spacial score (nSPS) is 21.4.